The summed E-state index contributed by atoms with van der Waals surface area (Å²) in [5, 5.41) is 0. The monoisotopic (exact) mass is 484 g/mol. The fourth-order valence-electron chi connectivity index (χ4n) is 2.74. The predicted octanol–water partition coefficient (Wildman–Crippen LogP) is 2.76. The summed E-state index contributed by atoms with van der Waals surface area (Å²) in [6.45, 7) is 2.75. The van der Waals surface area contributed by atoms with Crippen molar-refractivity contribution < 1.29 is 24.8 Å². The molecule has 1 aliphatic heterocycles. The smallest absolute Gasteiger partial charge is 0.115 e. The van der Waals surface area contributed by atoms with Gasteiger partial charge in [-0.1, -0.05) is 5.56 Å². The maximum Gasteiger partial charge on any atom is 0.115 e. The van der Waals surface area contributed by atoms with E-state index in [1.54, 1.807) is 18.7 Å². The molecule has 0 bridgehead atoms. The third kappa shape index (κ3) is 2.92. The van der Waals surface area contributed by atoms with Gasteiger partial charge in [-0.3, -0.25) is 4.98 Å². The number of aromatic nitrogens is 4. The molecule has 0 saturated carbocycles. The second-order valence-electron chi connectivity index (χ2n) is 5.30. The van der Waals surface area contributed by atoms with E-state index in [-0.39, 0.29) is 20.1 Å². The molecule has 0 unspecified atom stereocenters. The van der Waals surface area contributed by atoms with Crippen molar-refractivity contribution >= 4 is 0 Å². The Labute approximate surface area is 148 Å². The van der Waals surface area contributed by atoms with Crippen molar-refractivity contribution in [1.29, 1.82) is 0 Å². The number of benzene rings is 1. The van der Waals surface area contributed by atoms with Crippen LogP contribution in [0.15, 0.2) is 37.1 Å². The molecule has 5 nitrogen and oxygen atoms in total. The second kappa shape index (κ2) is 6.60. The predicted molar refractivity (Wildman–Crippen MR) is 82.0 cm³/mol. The molecule has 0 amide bonds. The van der Waals surface area contributed by atoms with Crippen LogP contribution in [-0.2, 0) is 26.5 Å². The third-order valence-corrected chi connectivity index (χ3v) is 3.87. The number of nitrogens with zero attached hydrogens (tertiary/aromatic N) is 4. The van der Waals surface area contributed by atoms with Crippen LogP contribution in [0.3, 0.4) is 0 Å². The van der Waals surface area contributed by atoms with Crippen LogP contribution in [0.1, 0.15) is 17.7 Å². The quantitative estimate of drug-likeness (QED) is 0.526. The van der Waals surface area contributed by atoms with Gasteiger partial charge in [0.05, 0.1) is 30.0 Å². The standard InChI is InChI=1S/C17H15N4O.Ir/c1-12-15(10-18-11-20-12)21-7-6-19-17(21)14-4-5-16-13(9-14)3-2-8-22-16;/h5-7,9-11H,2-3,8H2,1H3;/q-1;. The van der Waals surface area contributed by atoms with Crippen LogP contribution < -0.4 is 4.74 Å². The molecule has 1 aliphatic rings. The number of hydrogen-bond donors (Lipinski definition) is 0. The first kappa shape index (κ1) is 15.8. The summed E-state index contributed by atoms with van der Waals surface area (Å²) in [5.41, 5.74) is 4.01. The van der Waals surface area contributed by atoms with Gasteiger partial charge in [-0.15, -0.1) is 23.8 Å². The van der Waals surface area contributed by atoms with Gasteiger partial charge < -0.3 is 9.30 Å². The second-order valence-corrected chi connectivity index (χ2v) is 5.30. The van der Waals surface area contributed by atoms with Crippen molar-refractivity contribution in [2.75, 3.05) is 6.61 Å². The molecule has 0 fully saturated rings. The van der Waals surface area contributed by atoms with Crippen molar-refractivity contribution in [3.05, 3.63) is 54.4 Å². The maximum absolute atomic E-state index is 5.65. The number of aryl methyl sites for hydroxylation is 2. The van der Waals surface area contributed by atoms with E-state index < -0.39 is 0 Å². The molecule has 6 heteroatoms. The molecule has 0 aliphatic carbocycles. The number of imidazole rings is 1. The van der Waals surface area contributed by atoms with E-state index in [1.165, 1.54) is 5.56 Å². The molecule has 1 radical (unpaired) electrons. The molecule has 2 aromatic heterocycles. The van der Waals surface area contributed by atoms with E-state index in [2.05, 4.69) is 27.1 Å². The molecule has 119 valence electrons. The van der Waals surface area contributed by atoms with E-state index in [9.17, 15) is 0 Å². The summed E-state index contributed by atoms with van der Waals surface area (Å²) in [7, 11) is 0. The largest absolute Gasteiger partial charge is 0.537 e. The Bertz CT molecular complexity index is 831. The van der Waals surface area contributed by atoms with Gasteiger partial charge in [-0.25, -0.2) is 9.97 Å². The Morgan fingerprint density at radius 3 is 3.09 bits per heavy atom. The van der Waals surface area contributed by atoms with Crippen LogP contribution in [0.25, 0.3) is 17.1 Å². The Morgan fingerprint density at radius 2 is 2.22 bits per heavy atom. The summed E-state index contributed by atoms with van der Waals surface area (Å²) >= 11 is 0. The average Bonchev–Trinajstić information content (AvgIpc) is 3.04. The molecule has 0 atom stereocenters. The molecule has 4 rings (SSSR count). The topological polar surface area (TPSA) is 52.8 Å². The molecular weight excluding hydrogens is 468 g/mol. The van der Waals surface area contributed by atoms with Gasteiger partial charge in [-0.2, -0.15) is 0 Å². The normalized spacial score (nSPS) is 12.9. The van der Waals surface area contributed by atoms with E-state index in [1.807, 2.05) is 23.8 Å². The van der Waals surface area contributed by atoms with Crippen LogP contribution in [0.4, 0.5) is 0 Å². The van der Waals surface area contributed by atoms with E-state index in [4.69, 9.17) is 4.74 Å². The van der Waals surface area contributed by atoms with Gasteiger partial charge in [-0.05, 0) is 19.8 Å². The van der Waals surface area contributed by atoms with E-state index in [0.717, 1.165) is 48.0 Å². The molecule has 23 heavy (non-hydrogen) atoms. The first-order valence-corrected chi connectivity index (χ1v) is 7.31. The Balaban J connectivity index is 0.00000156. The zero-order valence-corrected chi connectivity index (χ0v) is 15.0. The Morgan fingerprint density at radius 1 is 1.30 bits per heavy atom. The van der Waals surface area contributed by atoms with Crippen molar-refractivity contribution in [1.82, 2.24) is 19.5 Å². The number of rotatable bonds is 2. The van der Waals surface area contributed by atoms with Gasteiger partial charge in [0.25, 0.3) is 0 Å². The molecule has 0 spiro atoms. The van der Waals surface area contributed by atoms with Crippen LogP contribution in [0.2, 0.25) is 0 Å². The van der Waals surface area contributed by atoms with Gasteiger partial charge in [0, 0.05) is 38.2 Å². The molecule has 1 aromatic carbocycles. The van der Waals surface area contributed by atoms with Crippen molar-refractivity contribution in [2.24, 2.45) is 0 Å². The average molecular weight is 484 g/mol. The summed E-state index contributed by atoms with van der Waals surface area (Å²) in [5.74, 6) is 1.78. The molecule has 0 N–H and O–H groups in total. The summed E-state index contributed by atoms with van der Waals surface area (Å²) in [4.78, 5) is 12.9. The van der Waals surface area contributed by atoms with Crippen molar-refractivity contribution in [3.63, 3.8) is 0 Å². The summed E-state index contributed by atoms with van der Waals surface area (Å²) < 4.78 is 7.65. The summed E-state index contributed by atoms with van der Waals surface area (Å²) in [6, 6.07) is 7.31. The maximum atomic E-state index is 5.65. The number of hydrogen-bond acceptors (Lipinski definition) is 4. The number of ether oxygens (including phenoxy) is 1. The molecule has 3 aromatic rings. The zero-order chi connectivity index (χ0) is 14.9. The minimum Gasteiger partial charge on any atom is -0.537 e. The van der Waals surface area contributed by atoms with Crippen LogP contribution in [0.5, 0.6) is 5.75 Å². The summed E-state index contributed by atoms with van der Waals surface area (Å²) in [6.07, 6.45) is 9.14. The fourth-order valence-corrected chi connectivity index (χ4v) is 2.74. The minimum atomic E-state index is 0. The van der Waals surface area contributed by atoms with Crippen molar-refractivity contribution in [3.8, 4) is 22.8 Å². The molecule has 3 heterocycles. The van der Waals surface area contributed by atoms with Crippen LogP contribution in [0, 0.1) is 13.0 Å². The van der Waals surface area contributed by atoms with Crippen LogP contribution in [-0.4, -0.2) is 26.1 Å². The number of fused-ring (bicyclic) bond motifs is 1. The van der Waals surface area contributed by atoms with Crippen LogP contribution >= 0.6 is 0 Å². The van der Waals surface area contributed by atoms with Crippen molar-refractivity contribution in [2.45, 2.75) is 19.8 Å². The fraction of sp³-hybridized carbons (Fsp3) is 0.235. The Kier molecular flexibility index (Phi) is 4.55. The molecule has 0 saturated heterocycles. The first-order chi connectivity index (χ1) is 10.8. The molecular formula is C17H15IrN4O-. The van der Waals surface area contributed by atoms with Gasteiger partial charge in [0.1, 0.15) is 6.33 Å². The zero-order valence-electron chi connectivity index (χ0n) is 12.6. The third-order valence-electron chi connectivity index (χ3n) is 3.87. The first-order valence-electron chi connectivity index (χ1n) is 7.31. The van der Waals surface area contributed by atoms with E-state index >= 15 is 0 Å². The van der Waals surface area contributed by atoms with E-state index in [0.29, 0.717) is 0 Å². The SMILES string of the molecule is Cc1ncncc1-n1ccnc1-c1[c-]cc2c(c1)CCCO2.[Ir]. The minimum absolute atomic E-state index is 0. The van der Waals surface area contributed by atoms with Gasteiger partial charge in [0.15, 0.2) is 0 Å². The van der Waals surface area contributed by atoms with Gasteiger partial charge in [0.2, 0.25) is 0 Å². The Hall–Kier alpha value is -2.04. The van der Waals surface area contributed by atoms with Gasteiger partial charge >= 0.3 is 0 Å².